The molecule has 13 heteroatoms. The van der Waals surface area contributed by atoms with E-state index in [0.717, 1.165) is 19.4 Å². The number of aromatic nitrogens is 3. The third-order valence-corrected chi connectivity index (χ3v) is 8.75. The summed E-state index contributed by atoms with van der Waals surface area (Å²) in [4.78, 5) is 31.3. The predicted molar refractivity (Wildman–Crippen MR) is 162 cm³/mol. The van der Waals surface area contributed by atoms with E-state index in [1.807, 2.05) is 18.9 Å². The Morgan fingerprint density at radius 3 is 2.57 bits per heavy atom. The van der Waals surface area contributed by atoms with Gasteiger partial charge in [0.05, 0.1) is 21.8 Å². The molecule has 2 atom stereocenters. The van der Waals surface area contributed by atoms with E-state index in [9.17, 15) is 18.0 Å². The highest BCUT2D eigenvalue weighted by atomic mass is 35.5. The van der Waals surface area contributed by atoms with Crippen LogP contribution in [0.1, 0.15) is 43.5 Å². The molecule has 0 bridgehead atoms. The molecule has 0 aliphatic carbocycles. The molecule has 0 radical (unpaired) electrons. The number of ether oxygens (including phenoxy) is 1. The molecule has 2 aromatic heterocycles. The van der Waals surface area contributed by atoms with Gasteiger partial charge in [0.1, 0.15) is 17.9 Å². The van der Waals surface area contributed by atoms with Crippen molar-refractivity contribution in [3.8, 4) is 17.3 Å². The monoisotopic (exact) mass is 634 g/mol. The summed E-state index contributed by atoms with van der Waals surface area (Å²) in [5.74, 6) is -0.930. The maximum absolute atomic E-state index is 16.7. The summed E-state index contributed by atoms with van der Waals surface area (Å²) in [6, 6.07) is 2.52. The number of likely N-dealkylation sites (N-methyl/N-ethyl adjacent to an activating group) is 1. The quantitative estimate of drug-likeness (QED) is 0.231. The topological polar surface area (TPSA) is 74.7 Å². The van der Waals surface area contributed by atoms with E-state index >= 15 is 4.39 Å². The largest absolute Gasteiger partial charge is 0.462 e. The molecule has 2 saturated heterocycles. The number of rotatable bonds is 7. The summed E-state index contributed by atoms with van der Waals surface area (Å²) in [7, 11) is 1.99. The van der Waals surface area contributed by atoms with E-state index in [-0.39, 0.29) is 52.1 Å². The number of likely N-dealkylation sites (tertiary alicyclic amines) is 1. The number of carbonyl (C=O) groups excluding carboxylic acids is 1. The van der Waals surface area contributed by atoms with E-state index in [0.29, 0.717) is 37.6 Å². The van der Waals surface area contributed by atoms with Crippen LogP contribution in [0.15, 0.2) is 24.8 Å². The van der Waals surface area contributed by atoms with E-state index in [2.05, 4.69) is 26.4 Å². The van der Waals surface area contributed by atoms with Gasteiger partial charge in [0.15, 0.2) is 5.82 Å². The standard InChI is InChI=1S/C31H35ClF4N6O2/c1-6-19-13-17(3)25(31(34,35)36)28(37-19)24-22(32)14-21-27(26(24)33)38-30(44-16-20-9-8-10-40(20)5)39-29(21)42-12-11-41(15-18(42)4)23(43)7-2/h7,13-14,18,20H,2,6,8-12,15-16H2,1,3-5H3/t18-,20-/m0/s1. The van der Waals surface area contributed by atoms with Crippen molar-refractivity contribution < 1.29 is 27.1 Å². The normalized spacial score (nSPS) is 19.6. The molecule has 5 rings (SSSR count). The number of fused-ring (bicyclic) bond motifs is 1. The van der Waals surface area contributed by atoms with Gasteiger partial charge >= 0.3 is 12.2 Å². The molecule has 2 fully saturated rings. The molecule has 0 spiro atoms. The summed E-state index contributed by atoms with van der Waals surface area (Å²) in [6.07, 6.45) is -1.28. The molecule has 8 nitrogen and oxygen atoms in total. The number of alkyl halides is 3. The maximum atomic E-state index is 16.7. The minimum Gasteiger partial charge on any atom is -0.462 e. The number of anilines is 1. The third-order valence-electron chi connectivity index (χ3n) is 8.46. The molecule has 1 amide bonds. The fourth-order valence-corrected chi connectivity index (χ4v) is 6.36. The van der Waals surface area contributed by atoms with Gasteiger partial charge in [0, 0.05) is 42.8 Å². The maximum Gasteiger partial charge on any atom is 0.418 e. The molecule has 0 saturated carbocycles. The molecular weight excluding hydrogens is 600 g/mol. The molecular formula is C31H35ClF4N6O2. The zero-order chi connectivity index (χ0) is 31.9. The first-order valence-electron chi connectivity index (χ1n) is 14.6. The van der Waals surface area contributed by atoms with Crippen molar-refractivity contribution in [3.63, 3.8) is 0 Å². The average molecular weight is 635 g/mol. The summed E-state index contributed by atoms with van der Waals surface area (Å²) >= 11 is 6.62. The first kappa shape index (κ1) is 31.9. The van der Waals surface area contributed by atoms with Crippen molar-refractivity contribution in [3.05, 3.63) is 52.4 Å². The lowest BCUT2D eigenvalue weighted by atomic mass is 9.97. The van der Waals surface area contributed by atoms with Gasteiger partial charge in [-0.3, -0.25) is 9.78 Å². The minimum atomic E-state index is -4.81. The number of aryl methyl sites for hydroxylation is 2. The Morgan fingerprint density at radius 2 is 1.95 bits per heavy atom. The zero-order valence-electron chi connectivity index (χ0n) is 25.1. The SMILES string of the molecule is C=CC(=O)N1CCN(c2nc(OC[C@@H]3CCCN3C)nc3c(F)c(-c4nc(CC)cc(C)c4C(F)(F)F)c(Cl)cc23)[C@@H](C)C1. The van der Waals surface area contributed by atoms with Crippen molar-refractivity contribution in [1.82, 2.24) is 24.8 Å². The summed E-state index contributed by atoms with van der Waals surface area (Å²) in [5, 5.41) is -0.0336. The van der Waals surface area contributed by atoms with Crippen LogP contribution < -0.4 is 9.64 Å². The Balaban J connectivity index is 1.69. The van der Waals surface area contributed by atoms with Crippen LogP contribution in [-0.4, -0.2) is 82.6 Å². The van der Waals surface area contributed by atoms with E-state index in [1.165, 1.54) is 25.1 Å². The van der Waals surface area contributed by atoms with Crippen molar-refractivity contribution in [1.29, 1.82) is 0 Å². The van der Waals surface area contributed by atoms with Gasteiger partial charge in [-0.15, -0.1) is 0 Å². The van der Waals surface area contributed by atoms with Crippen LogP contribution in [0, 0.1) is 12.7 Å². The second-order valence-corrected chi connectivity index (χ2v) is 11.8. The lowest BCUT2D eigenvalue weighted by Gasteiger charge is -2.40. The highest BCUT2D eigenvalue weighted by molar-refractivity contribution is 6.34. The Morgan fingerprint density at radius 1 is 1.20 bits per heavy atom. The van der Waals surface area contributed by atoms with Gasteiger partial charge in [0.25, 0.3) is 0 Å². The number of pyridine rings is 1. The Hall–Kier alpha value is -3.51. The summed E-state index contributed by atoms with van der Waals surface area (Å²) < 4.78 is 65.6. The minimum absolute atomic E-state index is 0.0798. The average Bonchev–Trinajstić information content (AvgIpc) is 3.38. The van der Waals surface area contributed by atoms with Gasteiger partial charge in [-0.2, -0.15) is 23.1 Å². The van der Waals surface area contributed by atoms with Crippen LogP contribution in [0.4, 0.5) is 23.4 Å². The highest BCUT2D eigenvalue weighted by Crippen LogP contribution is 2.44. The molecule has 44 heavy (non-hydrogen) atoms. The summed E-state index contributed by atoms with van der Waals surface area (Å²) in [6.45, 7) is 10.8. The van der Waals surface area contributed by atoms with Gasteiger partial charge < -0.3 is 19.4 Å². The lowest BCUT2D eigenvalue weighted by molar-refractivity contribution is -0.137. The second kappa shape index (κ2) is 12.5. The van der Waals surface area contributed by atoms with Crippen molar-refractivity contribution in [2.45, 2.75) is 58.3 Å². The first-order valence-corrected chi connectivity index (χ1v) is 15.0. The third kappa shape index (κ3) is 6.06. The molecule has 1 aromatic carbocycles. The Labute approximate surface area is 258 Å². The van der Waals surface area contributed by atoms with Crippen LogP contribution in [0.3, 0.4) is 0 Å². The van der Waals surface area contributed by atoms with Crippen molar-refractivity contribution >= 4 is 34.2 Å². The molecule has 0 unspecified atom stereocenters. The van der Waals surface area contributed by atoms with Crippen LogP contribution in [0.5, 0.6) is 6.01 Å². The van der Waals surface area contributed by atoms with Crippen LogP contribution in [-0.2, 0) is 17.4 Å². The molecule has 2 aliphatic heterocycles. The molecule has 4 heterocycles. The second-order valence-electron chi connectivity index (χ2n) is 11.4. The Bertz CT molecular complexity index is 1600. The number of halogens is 5. The zero-order valence-corrected chi connectivity index (χ0v) is 25.9. The fraction of sp³-hybridized carbons (Fsp3) is 0.484. The van der Waals surface area contributed by atoms with Crippen molar-refractivity contribution in [2.75, 3.05) is 44.7 Å². The molecule has 2 aliphatic rings. The van der Waals surface area contributed by atoms with Gasteiger partial charge in [0.2, 0.25) is 5.91 Å². The first-order chi connectivity index (χ1) is 20.8. The number of nitrogens with zero attached hydrogens (tertiary/aromatic N) is 6. The predicted octanol–water partition coefficient (Wildman–Crippen LogP) is 6.07. The van der Waals surface area contributed by atoms with E-state index in [1.54, 1.807) is 11.8 Å². The number of hydrogen-bond donors (Lipinski definition) is 0. The van der Waals surface area contributed by atoms with E-state index in [4.69, 9.17) is 16.3 Å². The van der Waals surface area contributed by atoms with Crippen LogP contribution in [0.25, 0.3) is 22.2 Å². The summed E-state index contributed by atoms with van der Waals surface area (Å²) in [5.41, 5.74) is -2.06. The van der Waals surface area contributed by atoms with Crippen LogP contribution in [0.2, 0.25) is 5.02 Å². The van der Waals surface area contributed by atoms with Gasteiger partial charge in [-0.05, 0) is 70.5 Å². The van der Waals surface area contributed by atoms with Gasteiger partial charge in [-0.25, -0.2) is 4.39 Å². The fourth-order valence-electron chi connectivity index (χ4n) is 6.08. The molecule has 0 N–H and O–H groups in total. The highest BCUT2D eigenvalue weighted by Gasteiger charge is 2.39. The molecule has 236 valence electrons. The number of piperazine rings is 1. The Kier molecular flexibility index (Phi) is 9.04. The lowest BCUT2D eigenvalue weighted by Crippen LogP contribution is -2.53. The van der Waals surface area contributed by atoms with Crippen LogP contribution >= 0.6 is 11.6 Å². The number of hydrogen-bond acceptors (Lipinski definition) is 7. The number of benzene rings is 1. The number of carbonyl (C=O) groups is 1. The molecule has 3 aromatic rings. The smallest absolute Gasteiger partial charge is 0.418 e. The van der Waals surface area contributed by atoms with Crippen molar-refractivity contribution in [2.24, 2.45) is 0 Å². The van der Waals surface area contributed by atoms with E-state index < -0.39 is 28.8 Å². The number of amides is 1. The van der Waals surface area contributed by atoms with Gasteiger partial charge in [-0.1, -0.05) is 25.1 Å².